The summed E-state index contributed by atoms with van der Waals surface area (Å²) in [5, 5.41) is 0. The zero-order chi connectivity index (χ0) is 55.0. The first-order valence-electron chi connectivity index (χ1n) is 33.6. The number of ether oxygens (including phenoxy) is 3. The Bertz CT molecular complexity index is 1310. The number of unbranched alkanes of at least 4 members (excludes halogenated alkanes) is 43. The molecule has 0 aliphatic heterocycles. The van der Waals surface area contributed by atoms with Crippen molar-refractivity contribution >= 4 is 17.9 Å². The van der Waals surface area contributed by atoms with Crippen LogP contribution in [0.1, 0.15) is 361 Å². The molecule has 1 atom stereocenters. The predicted octanol–water partition coefficient (Wildman–Crippen LogP) is 22.9. The summed E-state index contributed by atoms with van der Waals surface area (Å²) in [6.45, 7) is 6.56. The SMILES string of the molecule is CC/C=C\C/C=C\C/C=C\CCCCCC(=O)OCC(COC(=O)CCCCCCCCCCCCCCCCCCCCCCCCCCCC)OC(=O)CCCCCCCCCCC/C=C\CCCCCCCC. The average molecular weight is 1070 g/mol. The van der Waals surface area contributed by atoms with E-state index in [9.17, 15) is 14.4 Å². The van der Waals surface area contributed by atoms with Crippen molar-refractivity contribution in [3.05, 3.63) is 48.6 Å². The fourth-order valence-corrected chi connectivity index (χ4v) is 10.0. The molecule has 0 bridgehead atoms. The number of esters is 3. The molecule has 0 heterocycles. The van der Waals surface area contributed by atoms with Crippen LogP contribution in [0, 0.1) is 0 Å². The van der Waals surface area contributed by atoms with Crippen LogP contribution in [0.4, 0.5) is 0 Å². The molecule has 0 N–H and O–H groups in total. The second kappa shape index (κ2) is 64.9. The second-order valence-corrected chi connectivity index (χ2v) is 22.7. The molecule has 0 spiro atoms. The Morgan fingerprint density at radius 1 is 0.276 bits per heavy atom. The standard InChI is InChI=1S/C70H128O6/c1-4-7-10-13-16-19-22-25-27-29-31-32-33-34-35-36-37-39-40-42-45-48-51-54-57-60-63-69(72)75-66-67(65-74-68(71)62-59-56-53-50-47-44-24-21-18-15-12-9-6-3)76-70(73)64-61-58-55-52-49-46-43-41-38-30-28-26-23-20-17-14-11-8-5-2/h9,12,18,21,26,28,44,47,67H,4-8,10-11,13-17,19-20,22-25,27,29-43,45-46,48-66H2,1-3H3/b12-9-,21-18-,28-26-,47-44-. The molecule has 1 unspecified atom stereocenters. The molecule has 0 rings (SSSR count). The third-order valence-corrected chi connectivity index (χ3v) is 15.1. The topological polar surface area (TPSA) is 78.9 Å². The van der Waals surface area contributed by atoms with Gasteiger partial charge in [0.2, 0.25) is 0 Å². The van der Waals surface area contributed by atoms with Crippen molar-refractivity contribution in [3.8, 4) is 0 Å². The fourth-order valence-electron chi connectivity index (χ4n) is 10.0. The van der Waals surface area contributed by atoms with E-state index in [-0.39, 0.29) is 31.1 Å². The molecule has 76 heavy (non-hydrogen) atoms. The fraction of sp³-hybridized carbons (Fsp3) is 0.843. The highest BCUT2D eigenvalue weighted by atomic mass is 16.6. The van der Waals surface area contributed by atoms with Crippen LogP contribution in [-0.2, 0) is 28.6 Å². The van der Waals surface area contributed by atoms with Gasteiger partial charge in [0, 0.05) is 19.3 Å². The van der Waals surface area contributed by atoms with Gasteiger partial charge in [0.25, 0.3) is 0 Å². The monoisotopic (exact) mass is 1060 g/mol. The maximum Gasteiger partial charge on any atom is 0.306 e. The van der Waals surface area contributed by atoms with Crippen molar-refractivity contribution in [2.45, 2.75) is 367 Å². The Morgan fingerprint density at radius 2 is 0.513 bits per heavy atom. The Morgan fingerprint density at radius 3 is 0.829 bits per heavy atom. The van der Waals surface area contributed by atoms with Gasteiger partial charge in [-0.15, -0.1) is 0 Å². The van der Waals surface area contributed by atoms with Crippen LogP contribution in [0.3, 0.4) is 0 Å². The van der Waals surface area contributed by atoms with Gasteiger partial charge in [-0.05, 0) is 77.0 Å². The highest BCUT2D eigenvalue weighted by Gasteiger charge is 2.19. The minimum atomic E-state index is -0.785. The minimum absolute atomic E-state index is 0.0796. The summed E-state index contributed by atoms with van der Waals surface area (Å²) in [6.07, 6.45) is 81.4. The number of hydrogen-bond donors (Lipinski definition) is 0. The van der Waals surface area contributed by atoms with Crippen molar-refractivity contribution in [1.29, 1.82) is 0 Å². The van der Waals surface area contributed by atoms with Crippen LogP contribution in [0.15, 0.2) is 48.6 Å². The summed E-state index contributed by atoms with van der Waals surface area (Å²) in [5.74, 6) is -0.890. The highest BCUT2D eigenvalue weighted by Crippen LogP contribution is 2.18. The smallest absolute Gasteiger partial charge is 0.306 e. The van der Waals surface area contributed by atoms with Gasteiger partial charge in [0.1, 0.15) is 13.2 Å². The van der Waals surface area contributed by atoms with E-state index < -0.39 is 6.10 Å². The second-order valence-electron chi connectivity index (χ2n) is 22.7. The summed E-state index contributed by atoms with van der Waals surface area (Å²) in [4.78, 5) is 38.3. The number of hydrogen-bond acceptors (Lipinski definition) is 6. The van der Waals surface area contributed by atoms with Crippen molar-refractivity contribution < 1.29 is 28.6 Å². The highest BCUT2D eigenvalue weighted by molar-refractivity contribution is 5.71. The Labute approximate surface area is 473 Å². The van der Waals surface area contributed by atoms with Gasteiger partial charge >= 0.3 is 17.9 Å². The van der Waals surface area contributed by atoms with Crippen LogP contribution in [0.5, 0.6) is 0 Å². The Hall–Kier alpha value is -2.63. The lowest BCUT2D eigenvalue weighted by atomic mass is 10.0. The van der Waals surface area contributed by atoms with Gasteiger partial charge in [-0.3, -0.25) is 14.4 Å². The normalized spacial score (nSPS) is 12.3. The van der Waals surface area contributed by atoms with E-state index in [0.717, 1.165) is 83.5 Å². The molecule has 0 aromatic heterocycles. The lowest BCUT2D eigenvalue weighted by Crippen LogP contribution is -2.30. The first-order chi connectivity index (χ1) is 37.5. The van der Waals surface area contributed by atoms with Crippen molar-refractivity contribution in [1.82, 2.24) is 0 Å². The minimum Gasteiger partial charge on any atom is -0.462 e. The molecule has 0 amide bonds. The van der Waals surface area contributed by atoms with E-state index in [1.807, 2.05) is 0 Å². The first kappa shape index (κ1) is 73.4. The van der Waals surface area contributed by atoms with Gasteiger partial charge < -0.3 is 14.2 Å². The number of carbonyl (C=O) groups excluding carboxylic acids is 3. The molecule has 0 aromatic rings. The van der Waals surface area contributed by atoms with Gasteiger partial charge in [-0.1, -0.05) is 313 Å². The molecule has 0 fully saturated rings. The number of allylic oxidation sites excluding steroid dienone is 8. The van der Waals surface area contributed by atoms with E-state index >= 15 is 0 Å². The van der Waals surface area contributed by atoms with Crippen molar-refractivity contribution in [3.63, 3.8) is 0 Å². The van der Waals surface area contributed by atoms with Crippen LogP contribution >= 0.6 is 0 Å². The quantitative estimate of drug-likeness (QED) is 0.0261. The molecule has 0 aromatic carbocycles. The molecular weight excluding hydrogens is 937 g/mol. The van der Waals surface area contributed by atoms with E-state index in [0.29, 0.717) is 19.3 Å². The zero-order valence-electron chi connectivity index (χ0n) is 51.0. The van der Waals surface area contributed by atoms with Crippen LogP contribution < -0.4 is 0 Å². The lowest BCUT2D eigenvalue weighted by molar-refractivity contribution is -0.167. The summed E-state index contributed by atoms with van der Waals surface area (Å²) in [7, 11) is 0. The maximum absolute atomic E-state index is 12.9. The average Bonchev–Trinajstić information content (AvgIpc) is 3.42. The van der Waals surface area contributed by atoms with Crippen LogP contribution in [-0.4, -0.2) is 37.2 Å². The summed E-state index contributed by atoms with van der Waals surface area (Å²) < 4.78 is 16.9. The molecule has 0 saturated carbocycles. The first-order valence-corrected chi connectivity index (χ1v) is 33.6. The molecule has 6 nitrogen and oxygen atoms in total. The van der Waals surface area contributed by atoms with Gasteiger partial charge in [0.15, 0.2) is 6.10 Å². The largest absolute Gasteiger partial charge is 0.462 e. The van der Waals surface area contributed by atoms with E-state index in [1.54, 1.807) is 0 Å². The van der Waals surface area contributed by atoms with Crippen molar-refractivity contribution in [2.75, 3.05) is 13.2 Å². The van der Waals surface area contributed by atoms with Gasteiger partial charge in [-0.2, -0.15) is 0 Å². The summed E-state index contributed by atoms with van der Waals surface area (Å²) in [5.41, 5.74) is 0. The lowest BCUT2D eigenvalue weighted by Gasteiger charge is -2.18. The molecule has 0 saturated heterocycles. The summed E-state index contributed by atoms with van der Waals surface area (Å²) >= 11 is 0. The Balaban J connectivity index is 4.24. The van der Waals surface area contributed by atoms with E-state index in [4.69, 9.17) is 14.2 Å². The summed E-state index contributed by atoms with van der Waals surface area (Å²) in [6, 6.07) is 0. The van der Waals surface area contributed by atoms with Crippen LogP contribution in [0.25, 0.3) is 0 Å². The molecule has 0 aliphatic carbocycles. The third kappa shape index (κ3) is 62.2. The third-order valence-electron chi connectivity index (χ3n) is 15.1. The predicted molar refractivity (Wildman–Crippen MR) is 330 cm³/mol. The molecule has 0 radical (unpaired) electrons. The maximum atomic E-state index is 12.9. The van der Waals surface area contributed by atoms with Gasteiger partial charge in [-0.25, -0.2) is 0 Å². The number of carbonyl (C=O) groups is 3. The molecular formula is C70H128O6. The van der Waals surface area contributed by atoms with E-state index in [1.165, 1.54) is 238 Å². The van der Waals surface area contributed by atoms with Crippen LogP contribution in [0.2, 0.25) is 0 Å². The number of rotatable bonds is 62. The molecule has 6 heteroatoms. The zero-order valence-corrected chi connectivity index (χ0v) is 51.0. The van der Waals surface area contributed by atoms with E-state index in [2.05, 4.69) is 69.4 Å². The van der Waals surface area contributed by atoms with Crippen molar-refractivity contribution in [2.24, 2.45) is 0 Å². The molecule has 0 aliphatic rings. The van der Waals surface area contributed by atoms with Gasteiger partial charge in [0.05, 0.1) is 0 Å². The Kier molecular flexibility index (Phi) is 62.6. The molecule has 444 valence electrons.